The smallest absolute Gasteiger partial charge is 0.366 e. The van der Waals surface area contributed by atoms with Crippen molar-refractivity contribution in [3.05, 3.63) is 22.9 Å². The largest absolute Gasteiger partial charge is 0.722 e. The fraction of sp³-hybridized carbons (Fsp3) is 0.200. The van der Waals surface area contributed by atoms with Gasteiger partial charge in [-0.2, -0.15) is 0 Å². The number of methoxy groups -OCH3 is 2. The Balaban J connectivity index is 3.20. The van der Waals surface area contributed by atoms with Gasteiger partial charge in [0.05, 0.1) is 26.0 Å². The first-order valence-corrected chi connectivity index (χ1v) is 4.83. The number of hydrazone groups is 1. The number of phenolic OH excluding ortho intramolecular Hbond substituents is 1. The molecule has 0 radical (unpaired) electrons. The molecule has 0 saturated carbocycles. The third-order valence-corrected chi connectivity index (χ3v) is 2.06. The molecule has 0 aliphatic rings. The van der Waals surface area contributed by atoms with Gasteiger partial charge in [-0.25, -0.2) is 0 Å². The summed E-state index contributed by atoms with van der Waals surface area (Å²) in [5.41, 5.74) is 10.3. The first-order chi connectivity index (χ1) is 8.49. The Kier molecular flexibility index (Phi) is 4.19. The normalized spacial score (nSPS) is 10.3. The van der Waals surface area contributed by atoms with Crippen LogP contribution < -0.4 is 20.9 Å². The van der Waals surface area contributed by atoms with Crippen LogP contribution >= 0.6 is 0 Å². The fourth-order valence-electron chi connectivity index (χ4n) is 1.18. The van der Waals surface area contributed by atoms with Crippen molar-refractivity contribution in [1.29, 1.82) is 0 Å². The number of rotatable bonds is 4. The van der Waals surface area contributed by atoms with Gasteiger partial charge in [-0.15, -0.1) is 9.95 Å². The number of hydrogen-bond donors (Lipinski definition) is 3. The highest BCUT2D eigenvalue weighted by molar-refractivity contribution is 5.87. The van der Waals surface area contributed by atoms with E-state index in [1.165, 1.54) is 26.4 Å². The Bertz CT molecular complexity index is 495. The van der Waals surface area contributed by atoms with Crippen LogP contribution in [0.4, 0.5) is 0 Å². The maximum absolute atomic E-state index is 11.0. The molecule has 8 nitrogen and oxygen atoms in total. The van der Waals surface area contributed by atoms with Gasteiger partial charge in [0, 0.05) is 12.1 Å². The van der Waals surface area contributed by atoms with Crippen LogP contribution in [-0.4, -0.2) is 36.3 Å². The second-order valence-corrected chi connectivity index (χ2v) is 3.20. The molecule has 0 saturated heterocycles. The molecule has 0 bridgehead atoms. The molecule has 0 amide bonds. The molecular formula is C10H14N4O4. The summed E-state index contributed by atoms with van der Waals surface area (Å²) in [5, 5.41) is 24.2. The summed E-state index contributed by atoms with van der Waals surface area (Å²) in [5.74, 6) is 0.0298. The van der Waals surface area contributed by atoms with E-state index in [1.807, 2.05) is 0 Å². The Labute approximate surface area is 103 Å². The van der Waals surface area contributed by atoms with Crippen LogP contribution in [0.1, 0.15) is 5.56 Å². The molecule has 18 heavy (non-hydrogen) atoms. The van der Waals surface area contributed by atoms with Gasteiger partial charge in [-0.05, 0) is 0 Å². The molecule has 0 spiro atoms. The Hall–Kier alpha value is -2.64. The van der Waals surface area contributed by atoms with E-state index in [1.54, 1.807) is 0 Å². The summed E-state index contributed by atoms with van der Waals surface area (Å²) in [6, 6.07) is 2.89. The van der Waals surface area contributed by atoms with Crippen LogP contribution in [0.2, 0.25) is 0 Å². The van der Waals surface area contributed by atoms with Crippen molar-refractivity contribution in [2.45, 2.75) is 0 Å². The van der Waals surface area contributed by atoms with Gasteiger partial charge in [-0.1, -0.05) is 0 Å². The average Bonchev–Trinajstić information content (AvgIpc) is 2.35. The highest BCUT2D eigenvalue weighted by atomic mass is 16.5. The summed E-state index contributed by atoms with van der Waals surface area (Å²) < 4.78 is 10.00. The van der Waals surface area contributed by atoms with Crippen LogP contribution in [0.5, 0.6) is 17.2 Å². The minimum Gasteiger partial charge on any atom is -0.722 e. The van der Waals surface area contributed by atoms with Crippen LogP contribution in [0.3, 0.4) is 0 Å². The van der Waals surface area contributed by atoms with Gasteiger partial charge in [0.1, 0.15) is 17.2 Å². The van der Waals surface area contributed by atoms with Crippen molar-refractivity contribution in [2.75, 3.05) is 14.2 Å². The lowest BCUT2D eigenvalue weighted by Crippen LogP contribution is -2.30. The quantitative estimate of drug-likeness (QED) is 0.219. The highest BCUT2D eigenvalue weighted by Gasteiger charge is 2.10. The molecule has 98 valence electrons. The fourth-order valence-corrected chi connectivity index (χ4v) is 1.18. The summed E-state index contributed by atoms with van der Waals surface area (Å²) >= 11 is 0. The van der Waals surface area contributed by atoms with E-state index in [-0.39, 0.29) is 16.2 Å². The van der Waals surface area contributed by atoms with Gasteiger partial charge in [0.15, 0.2) is 0 Å². The van der Waals surface area contributed by atoms with E-state index in [4.69, 9.17) is 20.9 Å². The molecule has 1 rings (SSSR count). The van der Waals surface area contributed by atoms with E-state index in [0.29, 0.717) is 11.5 Å². The molecule has 8 heteroatoms. The number of hydrogen-bond acceptors (Lipinski definition) is 5. The maximum atomic E-state index is 11.0. The van der Waals surface area contributed by atoms with E-state index in [2.05, 4.69) is 5.10 Å². The summed E-state index contributed by atoms with van der Waals surface area (Å²) in [6.07, 6.45) is 1.08. The van der Waals surface area contributed by atoms with Gasteiger partial charge in [0.25, 0.3) is 0 Å². The monoisotopic (exact) mass is 254 g/mol. The predicted molar refractivity (Wildman–Crippen MR) is 65.8 cm³/mol. The van der Waals surface area contributed by atoms with Gasteiger partial charge < -0.3 is 19.8 Å². The number of nitrogens with zero attached hydrogens (tertiary/aromatic N) is 2. The van der Waals surface area contributed by atoms with Crippen LogP contribution in [0.25, 0.3) is 0 Å². The van der Waals surface area contributed by atoms with Crippen molar-refractivity contribution in [2.24, 2.45) is 16.6 Å². The first kappa shape index (κ1) is 13.4. The molecule has 1 aromatic carbocycles. The van der Waals surface area contributed by atoms with Crippen molar-refractivity contribution in [1.82, 2.24) is 0 Å². The first-order valence-electron chi connectivity index (χ1n) is 4.83. The summed E-state index contributed by atoms with van der Waals surface area (Å²) in [4.78, 5) is 0.0170. The van der Waals surface area contributed by atoms with E-state index in [0.717, 1.165) is 6.21 Å². The van der Waals surface area contributed by atoms with Crippen molar-refractivity contribution >= 4 is 12.2 Å². The lowest BCUT2D eigenvalue weighted by Gasteiger charge is -2.09. The number of phenols is 1. The number of ether oxygens (including phenoxy) is 2. The third kappa shape index (κ3) is 2.94. The SMILES string of the molecule is COc1cc(O)c(/C=N/[N+]([O-])=C(N)N)c(OC)c1. The van der Waals surface area contributed by atoms with E-state index in [9.17, 15) is 10.3 Å². The molecular weight excluding hydrogens is 240 g/mol. The predicted octanol–water partition coefficient (Wildman–Crippen LogP) is -0.473. The molecule has 0 atom stereocenters. The van der Waals surface area contributed by atoms with Gasteiger partial charge in [0.2, 0.25) is 0 Å². The number of benzene rings is 1. The highest BCUT2D eigenvalue weighted by Crippen LogP contribution is 2.31. The third-order valence-electron chi connectivity index (χ3n) is 2.06. The van der Waals surface area contributed by atoms with Crippen molar-refractivity contribution < 1.29 is 19.4 Å². The lowest BCUT2D eigenvalue weighted by atomic mass is 10.2. The van der Waals surface area contributed by atoms with E-state index < -0.39 is 5.96 Å². The molecule has 5 N–H and O–H groups in total. The van der Waals surface area contributed by atoms with Crippen molar-refractivity contribution in [3.8, 4) is 17.2 Å². The zero-order valence-electron chi connectivity index (χ0n) is 9.95. The van der Waals surface area contributed by atoms with Gasteiger partial charge in [-0.3, -0.25) is 11.5 Å². The topological polar surface area (TPSA) is 129 Å². The van der Waals surface area contributed by atoms with E-state index >= 15 is 0 Å². The Morgan fingerprint density at radius 1 is 1.39 bits per heavy atom. The molecule has 0 aromatic heterocycles. The van der Waals surface area contributed by atoms with Gasteiger partial charge >= 0.3 is 5.96 Å². The average molecular weight is 254 g/mol. The minimum atomic E-state index is -0.516. The molecule has 0 fully saturated rings. The second kappa shape index (κ2) is 5.62. The van der Waals surface area contributed by atoms with Crippen LogP contribution in [0, 0.1) is 5.21 Å². The number of guanidine groups is 1. The standard InChI is InChI=1S/C10H14N4O4/c1-17-6-3-8(15)7(9(4-6)18-2)5-13-14(16)10(11)12/h3-5,15H,11-12H2,1-2H3/b13-5+. The zero-order valence-corrected chi connectivity index (χ0v) is 9.95. The molecule has 0 aliphatic heterocycles. The maximum Gasteiger partial charge on any atom is 0.366 e. The zero-order chi connectivity index (χ0) is 13.7. The molecule has 1 aromatic rings. The second-order valence-electron chi connectivity index (χ2n) is 3.20. The summed E-state index contributed by atoms with van der Waals surface area (Å²) in [7, 11) is 2.86. The lowest BCUT2D eigenvalue weighted by molar-refractivity contribution is -0.463. The van der Waals surface area contributed by atoms with Crippen molar-refractivity contribution in [3.63, 3.8) is 0 Å². The molecule has 0 heterocycles. The molecule has 0 unspecified atom stereocenters. The van der Waals surface area contributed by atoms with Crippen LogP contribution in [0.15, 0.2) is 17.2 Å². The summed E-state index contributed by atoms with van der Waals surface area (Å²) in [6.45, 7) is 0. The Morgan fingerprint density at radius 2 is 2.06 bits per heavy atom. The van der Waals surface area contributed by atoms with Crippen LogP contribution in [-0.2, 0) is 0 Å². The number of aromatic hydroxyl groups is 1. The minimum absolute atomic E-state index is 0.0170. The molecule has 0 aliphatic carbocycles. The Morgan fingerprint density at radius 3 is 2.56 bits per heavy atom. The number of nitrogens with two attached hydrogens (primary N) is 2.